The van der Waals surface area contributed by atoms with Crippen LogP contribution in [-0.4, -0.2) is 38.3 Å². The van der Waals surface area contributed by atoms with Crippen molar-refractivity contribution in [2.75, 3.05) is 5.75 Å². The minimum absolute atomic E-state index is 0.0192. The van der Waals surface area contributed by atoms with Gasteiger partial charge in [0.2, 0.25) is 11.8 Å². The molecular formula is C15H17N3O4S. The lowest BCUT2D eigenvalue weighted by Gasteiger charge is -2.29. The summed E-state index contributed by atoms with van der Waals surface area (Å²) in [6.45, 7) is 2.29. The van der Waals surface area contributed by atoms with E-state index in [2.05, 4.69) is 5.32 Å². The van der Waals surface area contributed by atoms with Gasteiger partial charge in [-0.25, -0.2) is 0 Å². The van der Waals surface area contributed by atoms with E-state index in [-0.39, 0.29) is 28.9 Å². The predicted molar refractivity (Wildman–Crippen MR) is 85.7 cm³/mol. The Morgan fingerprint density at radius 1 is 1.48 bits per heavy atom. The van der Waals surface area contributed by atoms with Gasteiger partial charge in [0.1, 0.15) is 6.04 Å². The number of amides is 2. The van der Waals surface area contributed by atoms with Gasteiger partial charge in [0, 0.05) is 30.9 Å². The third-order valence-electron chi connectivity index (χ3n) is 4.36. The number of rotatable bonds is 4. The molecule has 8 heteroatoms. The van der Waals surface area contributed by atoms with Gasteiger partial charge >= 0.3 is 0 Å². The third-order valence-corrected chi connectivity index (χ3v) is 5.87. The van der Waals surface area contributed by atoms with E-state index in [0.29, 0.717) is 12.2 Å². The fourth-order valence-corrected chi connectivity index (χ4v) is 4.49. The van der Waals surface area contributed by atoms with Gasteiger partial charge < -0.3 is 10.2 Å². The zero-order chi connectivity index (χ0) is 16.6. The Morgan fingerprint density at radius 3 is 2.83 bits per heavy atom. The maximum absolute atomic E-state index is 12.4. The maximum Gasteiger partial charge on any atom is 0.269 e. The normalized spacial score (nSPS) is 26.2. The molecular weight excluding hydrogens is 318 g/mol. The van der Waals surface area contributed by atoms with E-state index in [1.807, 2.05) is 6.92 Å². The molecule has 0 unspecified atom stereocenters. The second-order valence-corrected chi connectivity index (χ2v) is 7.41. The number of hydrogen-bond acceptors (Lipinski definition) is 5. The van der Waals surface area contributed by atoms with Crippen molar-refractivity contribution in [1.29, 1.82) is 0 Å². The van der Waals surface area contributed by atoms with Crippen molar-refractivity contribution in [1.82, 2.24) is 10.2 Å². The van der Waals surface area contributed by atoms with Crippen LogP contribution >= 0.6 is 11.8 Å². The van der Waals surface area contributed by atoms with Crippen molar-refractivity contribution in [3.8, 4) is 0 Å². The molecule has 0 bridgehead atoms. The van der Waals surface area contributed by atoms with Gasteiger partial charge in [0.15, 0.2) is 0 Å². The first-order chi connectivity index (χ1) is 10.9. The first kappa shape index (κ1) is 15.8. The van der Waals surface area contributed by atoms with Gasteiger partial charge in [0.25, 0.3) is 5.69 Å². The highest BCUT2D eigenvalue weighted by molar-refractivity contribution is 8.01. The van der Waals surface area contributed by atoms with Crippen LogP contribution in [0.1, 0.15) is 25.3 Å². The van der Waals surface area contributed by atoms with E-state index in [4.69, 9.17) is 0 Å². The lowest BCUT2D eigenvalue weighted by atomic mass is 10.2. The summed E-state index contributed by atoms with van der Waals surface area (Å²) in [6, 6.07) is 5.62. The molecule has 2 aliphatic heterocycles. The van der Waals surface area contributed by atoms with Gasteiger partial charge in [-0.15, -0.1) is 11.8 Å². The maximum atomic E-state index is 12.4. The molecule has 2 heterocycles. The van der Waals surface area contributed by atoms with E-state index in [1.165, 1.54) is 12.1 Å². The SMILES string of the molecule is C[C@]12CCC(=O)N1[C@@H](C(=O)NCc1ccc([N+](=O)[O-])cc1)CS2. The number of nitro groups is 1. The van der Waals surface area contributed by atoms with Crippen LogP contribution in [0, 0.1) is 10.1 Å². The van der Waals surface area contributed by atoms with Crippen LogP contribution in [0.2, 0.25) is 0 Å². The largest absolute Gasteiger partial charge is 0.350 e. The number of nitro benzene ring substituents is 1. The quantitative estimate of drug-likeness (QED) is 0.667. The van der Waals surface area contributed by atoms with Crippen LogP contribution in [0.3, 0.4) is 0 Å². The van der Waals surface area contributed by atoms with Crippen molar-refractivity contribution in [2.24, 2.45) is 0 Å². The Labute approximate surface area is 137 Å². The lowest BCUT2D eigenvalue weighted by molar-refractivity contribution is -0.384. The molecule has 2 saturated heterocycles. The summed E-state index contributed by atoms with van der Waals surface area (Å²) in [4.78, 5) is 36.0. The summed E-state index contributed by atoms with van der Waals surface area (Å²) >= 11 is 1.65. The number of fused-ring (bicyclic) bond motifs is 1. The summed E-state index contributed by atoms with van der Waals surface area (Å²) in [5, 5.41) is 13.4. The van der Waals surface area contributed by atoms with E-state index in [0.717, 1.165) is 12.0 Å². The second-order valence-electron chi connectivity index (χ2n) is 5.91. The number of carbonyl (C=O) groups is 2. The van der Waals surface area contributed by atoms with Crippen LogP contribution in [-0.2, 0) is 16.1 Å². The molecule has 3 rings (SSSR count). The Kier molecular flexibility index (Phi) is 4.01. The van der Waals surface area contributed by atoms with Crippen molar-refractivity contribution in [3.05, 3.63) is 39.9 Å². The minimum atomic E-state index is -0.460. The molecule has 1 aromatic carbocycles. The summed E-state index contributed by atoms with van der Waals surface area (Å²) in [5.74, 6) is 0.469. The molecule has 23 heavy (non-hydrogen) atoms. The van der Waals surface area contributed by atoms with Gasteiger partial charge in [-0.1, -0.05) is 12.1 Å². The molecule has 0 aliphatic carbocycles. The van der Waals surface area contributed by atoms with Crippen LogP contribution < -0.4 is 5.32 Å². The monoisotopic (exact) mass is 335 g/mol. The number of thioether (sulfide) groups is 1. The highest BCUT2D eigenvalue weighted by Gasteiger charge is 2.52. The van der Waals surface area contributed by atoms with E-state index < -0.39 is 11.0 Å². The van der Waals surface area contributed by atoms with Gasteiger partial charge in [-0.2, -0.15) is 0 Å². The second kappa shape index (κ2) is 5.84. The molecule has 0 aromatic heterocycles. The van der Waals surface area contributed by atoms with Crippen molar-refractivity contribution in [2.45, 2.75) is 37.2 Å². The molecule has 7 nitrogen and oxygen atoms in total. The third kappa shape index (κ3) is 2.90. The number of hydrogen-bond donors (Lipinski definition) is 1. The van der Waals surface area contributed by atoms with E-state index >= 15 is 0 Å². The molecule has 1 aromatic rings. The fraction of sp³-hybridized carbons (Fsp3) is 0.467. The molecule has 0 spiro atoms. The summed E-state index contributed by atoms with van der Waals surface area (Å²) in [5.41, 5.74) is 0.802. The first-order valence-corrected chi connectivity index (χ1v) is 8.36. The average molecular weight is 335 g/mol. The molecule has 2 amide bonds. The topological polar surface area (TPSA) is 92.6 Å². The molecule has 122 valence electrons. The first-order valence-electron chi connectivity index (χ1n) is 7.38. The Morgan fingerprint density at radius 2 is 2.17 bits per heavy atom. The summed E-state index contributed by atoms with van der Waals surface area (Å²) in [6.07, 6.45) is 1.28. The van der Waals surface area contributed by atoms with Crippen molar-refractivity contribution in [3.63, 3.8) is 0 Å². The van der Waals surface area contributed by atoms with Gasteiger partial charge in [0.05, 0.1) is 9.79 Å². The highest BCUT2D eigenvalue weighted by Crippen LogP contribution is 2.47. The highest BCUT2D eigenvalue weighted by atomic mass is 32.2. The number of non-ortho nitro benzene ring substituents is 1. The standard InChI is InChI=1S/C15H17N3O4S/c1-15-7-6-13(19)17(15)12(9-23-15)14(20)16-8-10-2-4-11(5-3-10)18(21)22/h2-5,12H,6-9H2,1H3,(H,16,20)/t12-,15+/m1/s1. The molecule has 1 N–H and O–H groups in total. The van der Waals surface area contributed by atoms with Crippen LogP contribution in [0.5, 0.6) is 0 Å². The smallest absolute Gasteiger partial charge is 0.269 e. The lowest BCUT2D eigenvalue weighted by Crippen LogP contribution is -2.49. The number of carbonyl (C=O) groups excluding carboxylic acids is 2. The molecule has 2 fully saturated rings. The van der Waals surface area contributed by atoms with Crippen LogP contribution in [0.25, 0.3) is 0 Å². The number of nitrogens with one attached hydrogen (secondary N) is 1. The van der Waals surface area contributed by atoms with Gasteiger partial charge in [-0.3, -0.25) is 19.7 Å². The average Bonchev–Trinajstić information content (AvgIpc) is 3.02. The van der Waals surface area contributed by atoms with E-state index in [1.54, 1.807) is 28.8 Å². The number of nitrogens with zero attached hydrogens (tertiary/aromatic N) is 2. The van der Waals surface area contributed by atoms with Crippen LogP contribution in [0.4, 0.5) is 5.69 Å². The Bertz CT molecular complexity index is 663. The predicted octanol–water partition coefficient (Wildman–Crippen LogP) is 1.66. The minimum Gasteiger partial charge on any atom is -0.350 e. The zero-order valence-electron chi connectivity index (χ0n) is 12.7. The Balaban J connectivity index is 1.61. The zero-order valence-corrected chi connectivity index (χ0v) is 13.5. The Hall–Kier alpha value is -2.09. The number of benzene rings is 1. The molecule has 2 aliphatic rings. The van der Waals surface area contributed by atoms with Gasteiger partial charge in [-0.05, 0) is 18.9 Å². The van der Waals surface area contributed by atoms with Crippen molar-refractivity contribution >= 4 is 29.3 Å². The fourth-order valence-electron chi connectivity index (χ4n) is 3.06. The molecule has 0 radical (unpaired) electrons. The van der Waals surface area contributed by atoms with E-state index in [9.17, 15) is 19.7 Å². The molecule has 0 saturated carbocycles. The van der Waals surface area contributed by atoms with Crippen molar-refractivity contribution < 1.29 is 14.5 Å². The molecule has 2 atom stereocenters. The summed E-state index contributed by atoms with van der Waals surface area (Å²) < 4.78 is 0. The summed E-state index contributed by atoms with van der Waals surface area (Å²) in [7, 11) is 0. The van der Waals surface area contributed by atoms with Crippen LogP contribution in [0.15, 0.2) is 24.3 Å².